The summed E-state index contributed by atoms with van der Waals surface area (Å²) in [5.74, 6) is 1.27. The highest BCUT2D eigenvalue weighted by atomic mass is 16.5. The summed E-state index contributed by atoms with van der Waals surface area (Å²) in [6.07, 6.45) is 7.54. The number of rotatable bonds is 3. The number of hydrogen-bond acceptors (Lipinski definition) is 3. The number of anilines is 1. The van der Waals surface area contributed by atoms with Crippen LogP contribution in [0, 0.1) is 6.92 Å². The number of hydrogen-bond donors (Lipinski definition) is 1. The molecule has 2 aromatic rings. The number of carbonyl (C=O) groups excluding carboxylic acids is 1. The van der Waals surface area contributed by atoms with E-state index in [1.54, 1.807) is 0 Å². The Labute approximate surface area is 153 Å². The Morgan fingerprint density at radius 1 is 1.19 bits per heavy atom. The molecule has 1 saturated carbocycles. The van der Waals surface area contributed by atoms with E-state index >= 15 is 0 Å². The summed E-state index contributed by atoms with van der Waals surface area (Å²) in [5, 5.41) is 7.17. The van der Waals surface area contributed by atoms with Gasteiger partial charge in [-0.05, 0) is 50.2 Å². The van der Waals surface area contributed by atoms with Crippen molar-refractivity contribution in [1.82, 2.24) is 10.1 Å². The lowest BCUT2D eigenvalue weighted by Crippen LogP contribution is -2.45. The van der Waals surface area contributed by atoms with Crippen LogP contribution in [0.3, 0.4) is 0 Å². The average molecular weight is 349 g/mol. The number of aromatic nitrogens is 1. The fourth-order valence-electron chi connectivity index (χ4n) is 4.35. The van der Waals surface area contributed by atoms with Crippen LogP contribution in [0.25, 0.3) is 5.57 Å². The number of amides is 2. The molecule has 134 valence electrons. The Morgan fingerprint density at radius 3 is 2.73 bits per heavy atom. The Balaban J connectivity index is 1.37. The molecule has 5 rings (SSSR count). The molecule has 1 aromatic carbocycles. The van der Waals surface area contributed by atoms with Gasteiger partial charge in [-0.25, -0.2) is 4.79 Å². The molecular weight excluding hydrogens is 326 g/mol. The Kier molecular flexibility index (Phi) is 3.62. The molecule has 0 spiro atoms. The predicted octanol–water partition coefficient (Wildman–Crippen LogP) is 4.71. The van der Waals surface area contributed by atoms with Crippen molar-refractivity contribution in [1.29, 1.82) is 0 Å². The number of benzene rings is 1. The molecule has 3 aliphatic rings. The summed E-state index contributed by atoms with van der Waals surface area (Å²) in [4.78, 5) is 15.1. The van der Waals surface area contributed by atoms with Crippen LogP contribution in [0.5, 0.6) is 0 Å². The van der Waals surface area contributed by atoms with Crippen LogP contribution in [0.4, 0.5) is 10.5 Å². The second-order valence-corrected chi connectivity index (χ2v) is 7.68. The van der Waals surface area contributed by atoms with Gasteiger partial charge in [0.1, 0.15) is 11.4 Å². The van der Waals surface area contributed by atoms with Crippen LogP contribution < -0.4 is 5.32 Å². The molecular formula is C21H23N3O2. The van der Waals surface area contributed by atoms with E-state index < -0.39 is 0 Å². The first-order valence-electron chi connectivity index (χ1n) is 9.52. The third-order valence-corrected chi connectivity index (χ3v) is 5.84. The van der Waals surface area contributed by atoms with Gasteiger partial charge in [-0.3, -0.25) is 0 Å². The van der Waals surface area contributed by atoms with Gasteiger partial charge >= 0.3 is 6.03 Å². The van der Waals surface area contributed by atoms with Crippen molar-refractivity contribution in [2.45, 2.75) is 57.0 Å². The monoisotopic (exact) mass is 349 g/mol. The number of nitrogens with one attached hydrogen (secondary N) is 1. The average Bonchev–Trinajstić information content (AvgIpc) is 3.39. The molecule has 2 aliphatic heterocycles. The SMILES string of the molecule is Cc1noc(C2CC2)c1NC(=O)N1C2C=C(c3ccccc3)CC1CC2. The quantitative estimate of drug-likeness (QED) is 0.873. The van der Waals surface area contributed by atoms with Crippen molar-refractivity contribution in [3.63, 3.8) is 0 Å². The third kappa shape index (κ3) is 2.62. The molecule has 1 saturated heterocycles. The summed E-state index contributed by atoms with van der Waals surface area (Å²) in [7, 11) is 0. The highest BCUT2D eigenvalue weighted by molar-refractivity contribution is 5.92. The van der Waals surface area contributed by atoms with Gasteiger partial charge in [0.15, 0.2) is 5.76 Å². The van der Waals surface area contributed by atoms with E-state index in [4.69, 9.17) is 4.52 Å². The van der Waals surface area contributed by atoms with E-state index in [2.05, 4.69) is 40.8 Å². The molecule has 1 aromatic heterocycles. The lowest BCUT2D eigenvalue weighted by molar-refractivity contribution is 0.193. The normalized spacial score (nSPS) is 24.5. The van der Waals surface area contributed by atoms with Crippen LogP contribution >= 0.6 is 0 Å². The molecule has 2 atom stereocenters. The maximum atomic E-state index is 13.0. The van der Waals surface area contributed by atoms with Crippen molar-refractivity contribution < 1.29 is 9.32 Å². The minimum absolute atomic E-state index is 0.0194. The molecule has 1 N–H and O–H groups in total. The van der Waals surface area contributed by atoms with Gasteiger partial charge in [-0.15, -0.1) is 0 Å². The number of nitrogens with zero attached hydrogens (tertiary/aromatic N) is 2. The molecule has 2 bridgehead atoms. The molecule has 5 heteroatoms. The molecule has 2 unspecified atom stereocenters. The van der Waals surface area contributed by atoms with E-state index in [1.165, 1.54) is 11.1 Å². The summed E-state index contributed by atoms with van der Waals surface area (Å²) in [6.45, 7) is 1.89. The molecule has 1 aliphatic carbocycles. The molecule has 26 heavy (non-hydrogen) atoms. The standard InChI is InChI=1S/C21H23N3O2/c1-13-19(20(26-23-13)15-7-8-15)22-21(25)24-17-9-10-18(24)12-16(11-17)14-5-3-2-4-6-14/h2-6,11,15,17-18H,7-10,12H2,1H3,(H,22,25). The first-order valence-corrected chi connectivity index (χ1v) is 9.52. The number of carbonyl (C=O) groups is 1. The minimum Gasteiger partial charge on any atom is -0.359 e. The van der Waals surface area contributed by atoms with E-state index in [9.17, 15) is 4.79 Å². The number of aryl methyl sites for hydroxylation is 1. The predicted molar refractivity (Wildman–Crippen MR) is 99.9 cm³/mol. The van der Waals surface area contributed by atoms with Crippen molar-refractivity contribution >= 4 is 17.3 Å². The first-order chi connectivity index (χ1) is 12.7. The molecule has 2 fully saturated rings. The smallest absolute Gasteiger partial charge is 0.322 e. The molecule has 0 radical (unpaired) electrons. The maximum absolute atomic E-state index is 13.0. The van der Waals surface area contributed by atoms with E-state index in [-0.39, 0.29) is 18.1 Å². The highest BCUT2D eigenvalue weighted by Crippen LogP contribution is 2.45. The van der Waals surface area contributed by atoms with Crippen LogP contribution in [0.1, 0.15) is 55.0 Å². The second-order valence-electron chi connectivity index (χ2n) is 7.68. The summed E-state index contributed by atoms with van der Waals surface area (Å²) >= 11 is 0. The second kappa shape index (κ2) is 6.01. The lowest BCUT2D eigenvalue weighted by atomic mass is 9.95. The topological polar surface area (TPSA) is 58.4 Å². The Morgan fingerprint density at radius 2 is 2.00 bits per heavy atom. The largest absolute Gasteiger partial charge is 0.359 e. The van der Waals surface area contributed by atoms with Crippen molar-refractivity contribution in [2.75, 3.05) is 5.32 Å². The van der Waals surface area contributed by atoms with Crippen LogP contribution in [-0.2, 0) is 0 Å². The van der Waals surface area contributed by atoms with Gasteiger partial charge in [-0.2, -0.15) is 0 Å². The zero-order chi connectivity index (χ0) is 17.7. The van der Waals surface area contributed by atoms with Crippen molar-refractivity contribution in [3.8, 4) is 0 Å². The minimum atomic E-state index is -0.0194. The highest BCUT2D eigenvalue weighted by Gasteiger charge is 2.41. The van der Waals surface area contributed by atoms with Gasteiger partial charge in [0.05, 0.1) is 6.04 Å². The van der Waals surface area contributed by atoms with Gasteiger partial charge in [0, 0.05) is 12.0 Å². The maximum Gasteiger partial charge on any atom is 0.322 e. The van der Waals surface area contributed by atoms with Gasteiger partial charge < -0.3 is 14.7 Å². The van der Waals surface area contributed by atoms with E-state index in [0.717, 1.165) is 49.2 Å². The van der Waals surface area contributed by atoms with Gasteiger partial charge in [-0.1, -0.05) is 41.6 Å². The Hall–Kier alpha value is -2.56. The summed E-state index contributed by atoms with van der Waals surface area (Å²) < 4.78 is 5.46. The number of urea groups is 1. The van der Waals surface area contributed by atoms with Gasteiger partial charge in [0.2, 0.25) is 0 Å². The lowest BCUT2D eigenvalue weighted by Gasteiger charge is -2.34. The first kappa shape index (κ1) is 15.7. The molecule has 3 heterocycles. The van der Waals surface area contributed by atoms with Crippen molar-refractivity contribution in [2.24, 2.45) is 0 Å². The number of fused-ring (bicyclic) bond motifs is 2. The summed E-state index contributed by atoms with van der Waals surface area (Å²) in [5.41, 5.74) is 4.19. The van der Waals surface area contributed by atoms with Crippen LogP contribution in [0.2, 0.25) is 0 Å². The third-order valence-electron chi connectivity index (χ3n) is 5.84. The Bertz CT molecular complexity index is 867. The van der Waals surface area contributed by atoms with E-state index in [1.807, 2.05) is 17.9 Å². The fourth-order valence-corrected chi connectivity index (χ4v) is 4.35. The molecule has 2 amide bonds. The van der Waals surface area contributed by atoms with Crippen LogP contribution in [-0.4, -0.2) is 28.2 Å². The molecule has 5 nitrogen and oxygen atoms in total. The zero-order valence-electron chi connectivity index (χ0n) is 14.9. The van der Waals surface area contributed by atoms with Crippen molar-refractivity contribution in [3.05, 3.63) is 53.4 Å². The van der Waals surface area contributed by atoms with Gasteiger partial charge in [0.25, 0.3) is 0 Å². The summed E-state index contributed by atoms with van der Waals surface area (Å²) in [6, 6.07) is 10.9. The van der Waals surface area contributed by atoms with Crippen LogP contribution in [0.15, 0.2) is 40.9 Å². The van der Waals surface area contributed by atoms with E-state index in [0.29, 0.717) is 5.92 Å². The zero-order valence-corrected chi connectivity index (χ0v) is 14.9. The fraction of sp³-hybridized carbons (Fsp3) is 0.429.